The highest BCUT2D eigenvalue weighted by Gasteiger charge is 2.24. The zero-order chi connectivity index (χ0) is 17.4. The average Bonchev–Trinajstić information content (AvgIpc) is 3.25. The lowest BCUT2D eigenvalue weighted by molar-refractivity contribution is 0.392. The first-order valence-electron chi connectivity index (χ1n) is 8.61. The van der Waals surface area contributed by atoms with Gasteiger partial charge in [-0.25, -0.2) is 9.97 Å². The monoisotopic (exact) mass is 334 g/mol. The molecule has 1 N–H and O–H groups in total. The average molecular weight is 334 g/mol. The van der Waals surface area contributed by atoms with Gasteiger partial charge in [0.25, 0.3) is 0 Å². The zero-order valence-electron chi connectivity index (χ0n) is 14.8. The van der Waals surface area contributed by atoms with E-state index in [4.69, 9.17) is 0 Å². The van der Waals surface area contributed by atoms with Crippen LogP contribution in [0.15, 0.2) is 43.4 Å². The van der Waals surface area contributed by atoms with Gasteiger partial charge in [-0.1, -0.05) is 13.8 Å². The number of imidazole rings is 2. The van der Waals surface area contributed by atoms with Gasteiger partial charge in [0.05, 0.1) is 41.6 Å². The molecule has 0 aromatic carbocycles. The van der Waals surface area contributed by atoms with Crippen LogP contribution in [0, 0.1) is 0 Å². The molecule has 0 radical (unpaired) electrons. The fraction of sp³-hybridized carbons (Fsp3) is 0.368. The van der Waals surface area contributed by atoms with Crippen molar-refractivity contribution in [3.63, 3.8) is 0 Å². The maximum atomic E-state index is 4.64. The maximum Gasteiger partial charge on any atom is 0.107 e. The summed E-state index contributed by atoms with van der Waals surface area (Å²) in [6, 6.07) is 4.48. The molecule has 6 heteroatoms. The molecule has 0 amide bonds. The highest BCUT2D eigenvalue weighted by atomic mass is 15.1. The Hall–Kier alpha value is -2.76. The van der Waals surface area contributed by atoms with Gasteiger partial charge in [0.1, 0.15) is 5.52 Å². The Balaban J connectivity index is 1.52. The number of nitrogens with one attached hydrogen (secondary N) is 1. The van der Waals surface area contributed by atoms with Crippen molar-refractivity contribution in [2.24, 2.45) is 0 Å². The zero-order valence-corrected chi connectivity index (χ0v) is 14.8. The molecule has 4 aromatic rings. The quantitative estimate of drug-likeness (QED) is 0.598. The van der Waals surface area contributed by atoms with E-state index >= 15 is 0 Å². The fourth-order valence-corrected chi connectivity index (χ4v) is 3.28. The summed E-state index contributed by atoms with van der Waals surface area (Å²) in [4.78, 5) is 20.7. The molecule has 4 heterocycles. The van der Waals surface area contributed by atoms with Crippen molar-refractivity contribution in [1.82, 2.24) is 29.5 Å². The van der Waals surface area contributed by atoms with Gasteiger partial charge in [-0.05, 0) is 31.9 Å². The van der Waals surface area contributed by atoms with Crippen molar-refractivity contribution in [2.45, 2.75) is 45.1 Å². The number of rotatable bonds is 5. The molecule has 0 fully saturated rings. The van der Waals surface area contributed by atoms with Gasteiger partial charge in [-0.3, -0.25) is 9.97 Å². The van der Waals surface area contributed by atoms with E-state index in [1.165, 1.54) is 0 Å². The van der Waals surface area contributed by atoms with Gasteiger partial charge < -0.3 is 9.55 Å². The van der Waals surface area contributed by atoms with Crippen LogP contribution in [0.1, 0.15) is 45.3 Å². The molecule has 1 atom stereocenters. The lowest BCUT2D eigenvalue weighted by atomic mass is 9.82. The third-order valence-electron chi connectivity index (χ3n) is 5.04. The molecular weight excluding hydrogens is 312 g/mol. The molecule has 128 valence electrons. The number of pyridine rings is 2. The first-order valence-corrected chi connectivity index (χ1v) is 8.61. The van der Waals surface area contributed by atoms with Crippen LogP contribution in [0.5, 0.6) is 0 Å². The number of aromatic nitrogens is 6. The molecule has 25 heavy (non-hydrogen) atoms. The van der Waals surface area contributed by atoms with Crippen molar-refractivity contribution in [3.8, 4) is 0 Å². The topological polar surface area (TPSA) is 72.3 Å². The number of fused-ring (bicyclic) bond motifs is 2. The lowest BCUT2D eigenvalue weighted by Gasteiger charge is -2.26. The Kier molecular flexibility index (Phi) is 3.75. The number of H-pyrrole nitrogens is 1. The van der Waals surface area contributed by atoms with E-state index in [1.54, 1.807) is 6.33 Å². The number of hydrogen-bond donors (Lipinski definition) is 1. The SMILES string of the molecule is CC(CCC(C)(C)c1cc2nc[nH]c2cn1)n1cnc2cnccc21. The normalized spacial score (nSPS) is 13.6. The molecule has 0 saturated carbocycles. The van der Waals surface area contributed by atoms with Crippen LogP contribution in [-0.4, -0.2) is 29.5 Å². The van der Waals surface area contributed by atoms with Crippen LogP contribution in [0.3, 0.4) is 0 Å². The Labute approximate surface area is 146 Å². The van der Waals surface area contributed by atoms with Crippen LogP contribution in [0.4, 0.5) is 0 Å². The van der Waals surface area contributed by atoms with Gasteiger partial charge in [-0.2, -0.15) is 0 Å². The second-order valence-electron chi connectivity index (χ2n) is 7.28. The Bertz CT molecular complexity index is 1010. The molecule has 4 rings (SSSR count). The molecule has 4 aromatic heterocycles. The smallest absolute Gasteiger partial charge is 0.107 e. The van der Waals surface area contributed by atoms with Crippen molar-refractivity contribution in [2.75, 3.05) is 0 Å². The van der Waals surface area contributed by atoms with E-state index in [0.29, 0.717) is 6.04 Å². The van der Waals surface area contributed by atoms with Crippen LogP contribution < -0.4 is 0 Å². The molecule has 0 aliphatic heterocycles. The van der Waals surface area contributed by atoms with Crippen LogP contribution in [0.2, 0.25) is 0 Å². The largest absolute Gasteiger partial charge is 0.343 e. The third kappa shape index (κ3) is 2.88. The Morgan fingerprint density at radius 2 is 2.04 bits per heavy atom. The number of aromatic amines is 1. The van der Waals surface area contributed by atoms with Crippen LogP contribution in [-0.2, 0) is 5.41 Å². The highest BCUT2D eigenvalue weighted by molar-refractivity contribution is 5.74. The van der Waals surface area contributed by atoms with Gasteiger partial charge in [0.15, 0.2) is 0 Å². The minimum atomic E-state index is -0.0145. The second-order valence-corrected chi connectivity index (χ2v) is 7.28. The van der Waals surface area contributed by atoms with Gasteiger partial charge >= 0.3 is 0 Å². The van der Waals surface area contributed by atoms with E-state index in [0.717, 1.165) is 40.6 Å². The standard InChI is InChI=1S/C19H22N6/c1-13(25-12-24-16-9-20-7-5-17(16)25)4-6-19(2,3)18-8-14-15(10-21-18)23-11-22-14/h5,7-13H,4,6H2,1-3H3,(H,22,23). The van der Waals surface area contributed by atoms with E-state index in [9.17, 15) is 0 Å². The number of hydrogen-bond acceptors (Lipinski definition) is 4. The predicted molar refractivity (Wildman–Crippen MR) is 98.4 cm³/mol. The highest BCUT2D eigenvalue weighted by Crippen LogP contribution is 2.31. The van der Waals surface area contributed by atoms with Crippen molar-refractivity contribution < 1.29 is 0 Å². The summed E-state index contributed by atoms with van der Waals surface area (Å²) in [5.74, 6) is 0. The van der Waals surface area contributed by atoms with Crippen LogP contribution >= 0.6 is 0 Å². The van der Waals surface area contributed by atoms with Crippen molar-refractivity contribution >= 4 is 22.1 Å². The van der Waals surface area contributed by atoms with Crippen LogP contribution in [0.25, 0.3) is 22.1 Å². The second kappa shape index (κ2) is 5.95. The molecule has 0 spiro atoms. The summed E-state index contributed by atoms with van der Waals surface area (Å²) in [5, 5.41) is 0. The van der Waals surface area contributed by atoms with E-state index in [2.05, 4.69) is 56.3 Å². The third-order valence-corrected chi connectivity index (χ3v) is 5.04. The molecule has 0 bridgehead atoms. The Morgan fingerprint density at radius 1 is 1.16 bits per heavy atom. The molecule has 0 aliphatic rings. The number of nitrogens with zero attached hydrogens (tertiary/aromatic N) is 5. The summed E-state index contributed by atoms with van der Waals surface area (Å²) in [7, 11) is 0. The van der Waals surface area contributed by atoms with E-state index in [-0.39, 0.29) is 5.41 Å². The van der Waals surface area contributed by atoms with E-state index < -0.39 is 0 Å². The Morgan fingerprint density at radius 3 is 2.92 bits per heavy atom. The molecule has 1 unspecified atom stereocenters. The summed E-state index contributed by atoms with van der Waals surface area (Å²) in [5.41, 5.74) is 5.10. The van der Waals surface area contributed by atoms with Crippen molar-refractivity contribution in [1.29, 1.82) is 0 Å². The fourth-order valence-electron chi connectivity index (χ4n) is 3.28. The summed E-state index contributed by atoms with van der Waals surface area (Å²) in [6.45, 7) is 6.73. The molecule has 6 nitrogen and oxygen atoms in total. The first kappa shape index (κ1) is 15.7. The van der Waals surface area contributed by atoms with Gasteiger partial charge in [0, 0.05) is 23.3 Å². The van der Waals surface area contributed by atoms with Gasteiger partial charge in [0.2, 0.25) is 0 Å². The first-order chi connectivity index (χ1) is 12.0. The summed E-state index contributed by atoms with van der Waals surface area (Å²) < 4.78 is 2.23. The molecule has 0 aliphatic carbocycles. The van der Waals surface area contributed by atoms with E-state index in [1.807, 2.05) is 31.0 Å². The predicted octanol–water partition coefficient (Wildman–Crippen LogP) is 4.02. The minimum absolute atomic E-state index is 0.0145. The summed E-state index contributed by atoms with van der Waals surface area (Å²) >= 11 is 0. The molecular formula is C19H22N6. The summed E-state index contributed by atoms with van der Waals surface area (Å²) in [6.07, 6.45) is 11.2. The molecule has 0 saturated heterocycles. The maximum absolute atomic E-state index is 4.64. The minimum Gasteiger partial charge on any atom is -0.343 e. The lowest BCUT2D eigenvalue weighted by Crippen LogP contribution is -2.20. The van der Waals surface area contributed by atoms with Gasteiger partial charge in [-0.15, -0.1) is 0 Å². The van der Waals surface area contributed by atoms with Crippen molar-refractivity contribution in [3.05, 3.63) is 49.1 Å².